The van der Waals surface area contributed by atoms with Gasteiger partial charge in [-0.05, 0) is 38.5 Å². The van der Waals surface area contributed by atoms with Crippen molar-refractivity contribution < 1.29 is 0 Å². The second-order valence-electron chi connectivity index (χ2n) is 5.79. The molecule has 0 bridgehead atoms. The van der Waals surface area contributed by atoms with Crippen molar-refractivity contribution >= 4 is 16.5 Å². The molecule has 1 saturated heterocycles. The Bertz CT molecular complexity index is 395. The van der Waals surface area contributed by atoms with Gasteiger partial charge in [0.1, 0.15) is 0 Å². The van der Waals surface area contributed by atoms with E-state index in [1.807, 2.05) is 6.92 Å². The van der Waals surface area contributed by atoms with Gasteiger partial charge in [-0.2, -0.15) is 0 Å². The lowest BCUT2D eigenvalue weighted by Crippen LogP contribution is -2.34. The Hall–Kier alpha value is -0.610. The first kappa shape index (κ1) is 12.4. The number of thiazole rings is 1. The van der Waals surface area contributed by atoms with Crippen molar-refractivity contribution in [2.45, 2.75) is 57.5 Å². The number of anilines is 1. The average Bonchev–Trinajstić information content (AvgIpc) is 3.10. The number of nitrogens with zero attached hydrogens (tertiary/aromatic N) is 2. The first-order valence-corrected chi connectivity index (χ1v) is 8.11. The van der Waals surface area contributed by atoms with Gasteiger partial charge in [0.2, 0.25) is 0 Å². The van der Waals surface area contributed by atoms with E-state index >= 15 is 0 Å². The zero-order chi connectivity index (χ0) is 12.5. The SMILES string of the molecule is CC(N)c1csc(N2CCCC2C2CCCC2)n1. The van der Waals surface area contributed by atoms with Crippen LogP contribution in [0.4, 0.5) is 5.13 Å². The number of nitrogens with two attached hydrogens (primary N) is 1. The third-order valence-electron chi connectivity index (χ3n) is 4.47. The quantitative estimate of drug-likeness (QED) is 0.911. The third kappa shape index (κ3) is 2.28. The van der Waals surface area contributed by atoms with Gasteiger partial charge in [-0.15, -0.1) is 11.3 Å². The fraction of sp³-hybridized carbons (Fsp3) is 0.786. The van der Waals surface area contributed by atoms with Gasteiger partial charge in [0.25, 0.3) is 0 Å². The Morgan fingerprint density at radius 1 is 1.33 bits per heavy atom. The normalized spacial score (nSPS) is 27.0. The molecule has 2 N–H and O–H groups in total. The van der Waals surface area contributed by atoms with Gasteiger partial charge in [-0.3, -0.25) is 0 Å². The molecule has 100 valence electrons. The summed E-state index contributed by atoms with van der Waals surface area (Å²) in [6, 6.07) is 0.808. The first-order chi connectivity index (χ1) is 8.75. The molecule has 0 spiro atoms. The van der Waals surface area contributed by atoms with Gasteiger partial charge < -0.3 is 10.6 Å². The fourth-order valence-electron chi connectivity index (χ4n) is 3.48. The Morgan fingerprint density at radius 2 is 2.11 bits per heavy atom. The maximum atomic E-state index is 5.91. The van der Waals surface area contributed by atoms with Crippen molar-refractivity contribution in [2.75, 3.05) is 11.4 Å². The first-order valence-electron chi connectivity index (χ1n) is 7.23. The average molecular weight is 265 g/mol. The highest BCUT2D eigenvalue weighted by atomic mass is 32.1. The number of aromatic nitrogens is 1. The predicted octanol–water partition coefficient (Wildman–Crippen LogP) is 3.32. The van der Waals surface area contributed by atoms with E-state index in [2.05, 4.69) is 10.3 Å². The Morgan fingerprint density at radius 3 is 2.78 bits per heavy atom. The minimum Gasteiger partial charge on any atom is -0.345 e. The molecule has 1 aliphatic heterocycles. The maximum Gasteiger partial charge on any atom is 0.185 e. The van der Waals surface area contributed by atoms with Crippen LogP contribution in [0.2, 0.25) is 0 Å². The molecular formula is C14H23N3S. The Labute approximate surface area is 113 Å². The molecule has 3 nitrogen and oxygen atoms in total. The minimum absolute atomic E-state index is 0.0579. The standard InChI is InChI=1S/C14H23N3S/c1-10(15)12-9-18-14(16-12)17-8-4-7-13(17)11-5-2-3-6-11/h9-11,13H,2-8,15H2,1H3. The molecule has 0 amide bonds. The van der Waals surface area contributed by atoms with Gasteiger partial charge >= 0.3 is 0 Å². The molecule has 2 heterocycles. The van der Waals surface area contributed by atoms with Gasteiger partial charge in [0.15, 0.2) is 5.13 Å². The molecule has 1 aliphatic carbocycles. The molecule has 2 fully saturated rings. The second kappa shape index (κ2) is 5.17. The minimum atomic E-state index is 0.0579. The lowest BCUT2D eigenvalue weighted by atomic mass is 9.96. The van der Waals surface area contributed by atoms with Gasteiger partial charge in [0.05, 0.1) is 5.69 Å². The second-order valence-corrected chi connectivity index (χ2v) is 6.63. The molecule has 2 aliphatic rings. The highest BCUT2D eigenvalue weighted by Crippen LogP contribution is 2.38. The summed E-state index contributed by atoms with van der Waals surface area (Å²) in [4.78, 5) is 7.29. The molecule has 1 aromatic heterocycles. The Kier molecular flexibility index (Phi) is 3.57. The van der Waals surface area contributed by atoms with E-state index in [1.54, 1.807) is 11.3 Å². The summed E-state index contributed by atoms with van der Waals surface area (Å²) in [7, 11) is 0. The van der Waals surface area contributed by atoms with Crippen molar-refractivity contribution in [2.24, 2.45) is 11.7 Å². The maximum absolute atomic E-state index is 5.91. The topological polar surface area (TPSA) is 42.1 Å². The smallest absolute Gasteiger partial charge is 0.185 e. The zero-order valence-electron chi connectivity index (χ0n) is 11.1. The molecular weight excluding hydrogens is 242 g/mol. The molecule has 4 heteroatoms. The highest BCUT2D eigenvalue weighted by Gasteiger charge is 2.34. The lowest BCUT2D eigenvalue weighted by Gasteiger charge is -2.29. The van der Waals surface area contributed by atoms with E-state index < -0.39 is 0 Å². The third-order valence-corrected chi connectivity index (χ3v) is 5.36. The number of hydrogen-bond donors (Lipinski definition) is 1. The van der Waals surface area contributed by atoms with Gasteiger partial charge in [0, 0.05) is 24.0 Å². The van der Waals surface area contributed by atoms with Crippen LogP contribution in [0, 0.1) is 5.92 Å². The van der Waals surface area contributed by atoms with Crippen LogP contribution >= 0.6 is 11.3 Å². The highest BCUT2D eigenvalue weighted by molar-refractivity contribution is 7.13. The molecule has 2 atom stereocenters. The van der Waals surface area contributed by atoms with Crippen LogP contribution in [0.15, 0.2) is 5.38 Å². The summed E-state index contributed by atoms with van der Waals surface area (Å²) in [6.45, 7) is 3.20. The van der Waals surface area contributed by atoms with Crippen molar-refractivity contribution in [3.63, 3.8) is 0 Å². The summed E-state index contributed by atoms with van der Waals surface area (Å²) in [6.07, 6.45) is 8.39. The van der Waals surface area contributed by atoms with E-state index in [0.29, 0.717) is 0 Å². The van der Waals surface area contributed by atoms with Crippen LogP contribution in [0.1, 0.15) is 57.2 Å². The van der Waals surface area contributed by atoms with Crippen LogP contribution < -0.4 is 10.6 Å². The summed E-state index contributed by atoms with van der Waals surface area (Å²) in [5, 5.41) is 3.33. The summed E-state index contributed by atoms with van der Waals surface area (Å²) in [5.41, 5.74) is 6.96. The van der Waals surface area contributed by atoms with E-state index in [4.69, 9.17) is 10.7 Å². The fourth-order valence-corrected chi connectivity index (χ4v) is 4.49. The van der Waals surface area contributed by atoms with E-state index in [9.17, 15) is 0 Å². The molecule has 0 aromatic carbocycles. The molecule has 1 aromatic rings. The van der Waals surface area contributed by atoms with Crippen molar-refractivity contribution in [1.29, 1.82) is 0 Å². The number of rotatable bonds is 3. The van der Waals surface area contributed by atoms with Crippen LogP contribution in [0.3, 0.4) is 0 Å². The summed E-state index contributed by atoms with van der Waals surface area (Å²) < 4.78 is 0. The van der Waals surface area contributed by atoms with E-state index in [-0.39, 0.29) is 6.04 Å². The molecule has 2 unspecified atom stereocenters. The summed E-state index contributed by atoms with van der Waals surface area (Å²) >= 11 is 1.77. The zero-order valence-corrected chi connectivity index (χ0v) is 12.0. The van der Waals surface area contributed by atoms with Crippen molar-refractivity contribution in [1.82, 2.24) is 4.98 Å². The number of hydrogen-bond acceptors (Lipinski definition) is 4. The molecule has 3 rings (SSSR count). The van der Waals surface area contributed by atoms with E-state index in [0.717, 1.165) is 17.7 Å². The largest absolute Gasteiger partial charge is 0.345 e. The Balaban J connectivity index is 1.76. The van der Waals surface area contributed by atoms with Crippen molar-refractivity contribution in [3.8, 4) is 0 Å². The summed E-state index contributed by atoms with van der Waals surface area (Å²) in [5.74, 6) is 0.912. The van der Waals surface area contributed by atoms with E-state index in [1.165, 1.54) is 50.2 Å². The van der Waals surface area contributed by atoms with Gasteiger partial charge in [-0.25, -0.2) is 4.98 Å². The molecule has 0 radical (unpaired) electrons. The van der Waals surface area contributed by atoms with Crippen molar-refractivity contribution in [3.05, 3.63) is 11.1 Å². The molecule has 1 saturated carbocycles. The predicted molar refractivity (Wildman–Crippen MR) is 77.0 cm³/mol. The monoisotopic (exact) mass is 265 g/mol. The van der Waals surface area contributed by atoms with Crippen LogP contribution in [-0.2, 0) is 0 Å². The van der Waals surface area contributed by atoms with Crippen LogP contribution in [0.25, 0.3) is 0 Å². The van der Waals surface area contributed by atoms with Crippen LogP contribution in [-0.4, -0.2) is 17.6 Å². The lowest BCUT2D eigenvalue weighted by molar-refractivity contribution is 0.430. The molecule has 18 heavy (non-hydrogen) atoms. The van der Waals surface area contributed by atoms with Crippen LogP contribution in [0.5, 0.6) is 0 Å². The van der Waals surface area contributed by atoms with Gasteiger partial charge in [-0.1, -0.05) is 12.8 Å².